The van der Waals surface area contributed by atoms with Gasteiger partial charge in [-0.2, -0.15) is 0 Å². The minimum atomic E-state index is 0.672. The number of nitrogens with zero attached hydrogens (tertiary/aromatic N) is 1. The van der Waals surface area contributed by atoms with Crippen LogP contribution >= 0.6 is 23.2 Å². The minimum Gasteiger partial charge on any atom is -0.441 e. The molecule has 4 heteroatoms. The van der Waals surface area contributed by atoms with Crippen LogP contribution in [0.2, 0.25) is 5.02 Å². The van der Waals surface area contributed by atoms with Crippen LogP contribution in [0.5, 0.6) is 0 Å². The van der Waals surface area contributed by atoms with Crippen LogP contribution in [-0.2, 0) is 6.42 Å². The molecule has 1 aromatic heterocycles. The molecule has 2 rings (SSSR count). The molecule has 0 saturated heterocycles. The second kappa shape index (κ2) is 4.86. The van der Waals surface area contributed by atoms with Gasteiger partial charge in [-0.25, -0.2) is 4.98 Å². The van der Waals surface area contributed by atoms with Gasteiger partial charge in [0.15, 0.2) is 11.5 Å². The molecule has 0 fully saturated rings. The second-order valence-electron chi connectivity index (χ2n) is 3.37. The van der Waals surface area contributed by atoms with Gasteiger partial charge in [-0.15, -0.1) is 11.6 Å². The summed E-state index contributed by atoms with van der Waals surface area (Å²) in [5.41, 5.74) is 1.61. The minimum absolute atomic E-state index is 0.672. The number of fused-ring (bicyclic) bond motifs is 1. The standard InChI is InChI=1S/C11H11Cl2NO/c12-6-2-1-3-11-14-9-5-4-8(13)7-10(9)15-11/h4-5,7H,1-3,6H2. The number of unbranched alkanes of at least 4 members (excludes halogenated alkanes) is 1. The van der Waals surface area contributed by atoms with Gasteiger partial charge in [0.05, 0.1) is 0 Å². The lowest BCUT2D eigenvalue weighted by molar-refractivity contribution is 0.518. The molecule has 0 amide bonds. The summed E-state index contributed by atoms with van der Waals surface area (Å²) < 4.78 is 5.56. The summed E-state index contributed by atoms with van der Waals surface area (Å²) in [5.74, 6) is 1.45. The monoisotopic (exact) mass is 243 g/mol. The Labute approximate surface area is 98.2 Å². The number of benzene rings is 1. The fraction of sp³-hybridized carbons (Fsp3) is 0.364. The number of halogens is 2. The molecule has 80 valence electrons. The van der Waals surface area contributed by atoms with Crippen LogP contribution in [0.25, 0.3) is 11.1 Å². The molecule has 2 nitrogen and oxygen atoms in total. The van der Waals surface area contributed by atoms with Crippen molar-refractivity contribution >= 4 is 34.3 Å². The molecule has 15 heavy (non-hydrogen) atoms. The van der Waals surface area contributed by atoms with Crippen molar-refractivity contribution in [3.63, 3.8) is 0 Å². The van der Waals surface area contributed by atoms with E-state index in [0.717, 1.165) is 36.3 Å². The van der Waals surface area contributed by atoms with Crippen molar-refractivity contribution in [1.82, 2.24) is 4.98 Å². The fourth-order valence-corrected chi connectivity index (χ4v) is 1.77. The first-order valence-electron chi connectivity index (χ1n) is 4.90. The van der Waals surface area contributed by atoms with E-state index in [4.69, 9.17) is 27.6 Å². The quantitative estimate of drug-likeness (QED) is 0.599. The van der Waals surface area contributed by atoms with Gasteiger partial charge in [-0.05, 0) is 25.0 Å². The number of rotatable bonds is 4. The van der Waals surface area contributed by atoms with Crippen LogP contribution < -0.4 is 0 Å². The van der Waals surface area contributed by atoms with Gasteiger partial charge < -0.3 is 4.42 Å². The molecule has 0 atom stereocenters. The third kappa shape index (κ3) is 2.64. The van der Waals surface area contributed by atoms with Crippen LogP contribution in [0.3, 0.4) is 0 Å². The van der Waals surface area contributed by atoms with Crippen LogP contribution in [0.1, 0.15) is 18.7 Å². The van der Waals surface area contributed by atoms with E-state index in [9.17, 15) is 0 Å². The summed E-state index contributed by atoms with van der Waals surface area (Å²) in [4.78, 5) is 4.36. The highest BCUT2D eigenvalue weighted by atomic mass is 35.5. The van der Waals surface area contributed by atoms with E-state index in [1.807, 2.05) is 12.1 Å². The van der Waals surface area contributed by atoms with Crippen molar-refractivity contribution in [3.05, 3.63) is 29.1 Å². The van der Waals surface area contributed by atoms with Crippen molar-refractivity contribution in [1.29, 1.82) is 0 Å². The molecular formula is C11H11Cl2NO. The van der Waals surface area contributed by atoms with E-state index in [2.05, 4.69) is 4.98 Å². The molecule has 0 aliphatic heterocycles. The van der Waals surface area contributed by atoms with Gasteiger partial charge in [-0.3, -0.25) is 0 Å². The summed E-state index contributed by atoms with van der Waals surface area (Å²) in [6, 6.07) is 5.47. The number of hydrogen-bond acceptors (Lipinski definition) is 2. The number of oxazole rings is 1. The zero-order valence-corrected chi connectivity index (χ0v) is 9.68. The molecule has 1 heterocycles. The molecule has 2 aromatic rings. The van der Waals surface area contributed by atoms with E-state index in [-0.39, 0.29) is 0 Å². The highest BCUT2D eigenvalue weighted by Crippen LogP contribution is 2.20. The Morgan fingerprint density at radius 2 is 2.13 bits per heavy atom. The molecule has 0 spiro atoms. The van der Waals surface area contributed by atoms with Crippen LogP contribution in [-0.4, -0.2) is 10.9 Å². The van der Waals surface area contributed by atoms with Gasteiger partial charge in [0.1, 0.15) is 5.52 Å². The summed E-state index contributed by atoms with van der Waals surface area (Å²) in [7, 11) is 0. The number of aryl methyl sites for hydroxylation is 1. The van der Waals surface area contributed by atoms with Crippen LogP contribution in [0.15, 0.2) is 22.6 Å². The molecule has 1 aromatic carbocycles. The third-order valence-corrected chi connectivity index (χ3v) is 2.67. The lowest BCUT2D eigenvalue weighted by Gasteiger charge is -1.91. The van der Waals surface area contributed by atoms with E-state index in [1.54, 1.807) is 6.07 Å². The van der Waals surface area contributed by atoms with Crippen molar-refractivity contribution in [2.24, 2.45) is 0 Å². The summed E-state index contributed by atoms with van der Waals surface area (Å²) >= 11 is 11.4. The van der Waals surface area contributed by atoms with Crippen LogP contribution in [0.4, 0.5) is 0 Å². The highest BCUT2D eigenvalue weighted by molar-refractivity contribution is 6.31. The lowest BCUT2D eigenvalue weighted by Crippen LogP contribution is -1.85. The Balaban J connectivity index is 2.16. The molecule has 0 bridgehead atoms. The molecule has 0 aliphatic carbocycles. The molecule has 0 aliphatic rings. The van der Waals surface area contributed by atoms with Crippen molar-refractivity contribution in [2.45, 2.75) is 19.3 Å². The first-order chi connectivity index (χ1) is 7.29. The molecular weight excluding hydrogens is 233 g/mol. The third-order valence-electron chi connectivity index (χ3n) is 2.17. The average Bonchev–Trinajstić information content (AvgIpc) is 2.60. The molecule has 0 unspecified atom stereocenters. The maximum Gasteiger partial charge on any atom is 0.195 e. The second-order valence-corrected chi connectivity index (χ2v) is 4.18. The summed E-state index contributed by atoms with van der Waals surface area (Å²) in [6.07, 6.45) is 2.82. The first-order valence-corrected chi connectivity index (χ1v) is 5.82. The van der Waals surface area contributed by atoms with Gasteiger partial charge >= 0.3 is 0 Å². The SMILES string of the molecule is ClCCCCc1nc2ccc(Cl)cc2o1. The van der Waals surface area contributed by atoms with E-state index >= 15 is 0 Å². The first kappa shape index (κ1) is 10.8. The molecule has 0 radical (unpaired) electrons. The molecule has 0 N–H and O–H groups in total. The van der Waals surface area contributed by atoms with Crippen molar-refractivity contribution in [3.8, 4) is 0 Å². The zero-order valence-electron chi connectivity index (χ0n) is 8.17. The lowest BCUT2D eigenvalue weighted by atomic mass is 10.2. The van der Waals surface area contributed by atoms with Gasteiger partial charge in [0.25, 0.3) is 0 Å². The summed E-state index contributed by atoms with van der Waals surface area (Å²) in [5, 5.41) is 0.672. The Morgan fingerprint density at radius 3 is 2.93 bits per heavy atom. The highest BCUT2D eigenvalue weighted by Gasteiger charge is 2.05. The average molecular weight is 244 g/mol. The normalized spacial score (nSPS) is 11.1. The van der Waals surface area contributed by atoms with E-state index in [0.29, 0.717) is 10.9 Å². The maximum atomic E-state index is 5.85. The number of aromatic nitrogens is 1. The topological polar surface area (TPSA) is 26.0 Å². The number of hydrogen-bond donors (Lipinski definition) is 0. The smallest absolute Gasteiger partial charge is 0.195 e. The molecule has 0 saturated carbocycles. The Bertz CT molecular complexity index is 453. The Morgan fingerprint density at radius 1 is 1.27 bits per heavy atom. The Hall–Kier alpha value is -0.730. The van der Waals surface area contributed by atoms with Gasteiger partial charge in [0, 0.05) is 23.4 Å². The van der Waals surface area contributed by atoms with Gasteiger partial charge in [0.2, 0.25) is 0 Å². The van der Waals surface area contributed by atoms with E-state index in [1.165, 1.54) is 0 Å². The predicted octanol–water partition coefficient (Wildman–Crippen LogP) is 4.04. The Kier molecular flexibility index (Phi) is 3.49. The predicted molar refractivity (Wildman–Crippen MR) is 62.7 cm³/mol. The maximum absolute atomic E-state index is 5.85. The largest absolute Gasteiger partial charge is 0.441 e. The zero-order chi connectivity index (χ0) is 10.7. The number of alkyl halides is 1. The van der Waals surface area contributed by atoms with Crippen molar-refractivity contribution < 1.29 is 4.42 Å². The van der Waals surface area contributed by atoms with Gasteiger partial charge in [-0.1, -0.05) is 11.6 Å². The van der Waals surface area contributed by atoms with Crippen LogP contribution in [0, 0.1) is 0 Å². The van der Waals surface area contributed by atoms with Crippen molar-refractivity contribution in [2.75, 3.05) is 5.88 Å². The van der Waals surface area contributed by atoms with E-state index < -0.39 is 0 Å². The fourth-order valence-electron chi connectivity index (χ4n) is 1.42. The summed E-state index contributed by atoms with van der Waals surface area (Å²) in [6.45, 7) is 0.